The zero-order valence-electron chi connectivity index (χ0n) is 18.6. The molecule has 0 aliphatic heterocycles. The Balaban J connectivity index is 1.63. The van der Waals surface area contributed by atoms with Gasteiger partial charge in [0.15, 0.2) is 0 Å². The zero-order chi connectivity index (χ0) is 23.4. The molecule has 0 saturated carbocycles. The molecule has 0 amide bonds. The fourth-order valence-corrected chi connectivity index (χ4v) is 4.27. The quantitative estimate of drug-likeness (QED) is 0.363. The number of ether oxygens (including phenoxy) is 1. The number of nitrogens with one attached hydrogen (secondary N) is 1. The molecule has 1 N–H and O–H groups in total. The van der Waals surface area contributed by atoms with Gasteiger partial charge in [-0.05, 0) is 38.1 Å². The number of para-hydroxylation sites is 1. The van der Waals surface area contributed by atoms with Crippen molar-refractivity contribution in [1.29, 1.82) is 0 Å². The maximum Gasteiger partial charge on any atom is 0.241 e. The Morgan fingerprint density at radius 3 is 2.64 bits per heavy atom. The van der Waals surface area contributed by atoms with Gasteiger partial charge in [0.1, 0.15) is 23.8 Å². The second kappa shape index (κ2) is 10.1. The normalized spacial score (nSPS) is 11.9. The Morgan fingerprint density at radius 1 is 1.09 bits per heavy atom. The van der Waals surface area contributed by atoms with Crippen LogP contribution in [0.5, 0.6) is 5.88 Å². The molecule has 0 aliphatic carbocycles. The maximum absolute atomic E-state index is 12.4. The molecule has 4 aromatic rings. The van der Waals surface area contributed by atoms with Gasteiger partial charge in [-0.25, -0.2) is 14.6 Å². The number of hydrogen-bond donors (Lipinski definition) is 1. The molecule has 170 valence electrons. The number of benzene rings is 2. The molecule has 0 aliphatic rings. The first kappa shape index (κ1) is 22.9. The van der Waals surface area contributed by atoms with Crippen molar-refractivity contribution in [3.05, 3.63) is 77.3 Å². The van der Waals surface area contributed by atoms with Crippen molar-refractivity contribution in [1.82, 2.24) is 19.7 Å². The molecule has 2 aromatic heterocycles. The third-order valence-corrected chi connectivity index (χ3v) is 6.46. The maximum atomic E-state index is 12.4. The van der Waals surface area contributed by atoms with E-state index in [9.17, 15) is 4.21 Å². The van der Waals surface area contributed by atoms with E-state index in [1.165, 1.54) is 6.33 Å². The highest BCUT2D eigenvalue weighted by atomic mass is 35.5. The first-order valence-corrected chi connectivity index (χ1v) is 12.3. The van der Waals surface area contributed by atoms with E-state index >= 15 is 0 Å². The predicted octanol–water partition coefficient (Wildman–Crippen LogP) is 4.83. The third kappa shape index (κ3) is 5.23. The summed E-state index contributed by atoms with van der Waals surface area (Å²) in [6.07, 6.45) is 5.05. The molecule has 9 heteroatoms. The van der Waals surface area contributed by atoms with Crippen molar-refractivity contribution in [2.45, 2.75) is 18.7 Å². The van der Waals surface area contributed by atoms with Gasteiger partial charge in [0.25, 0.3) is 0 Å². The average molecular weight is 482 g/mol. The van der Waals surface area contributed by atoms with E-state index in [1.54, 1.807) is 10.9 Å². The fourth-order valence-electron chi connectivity index (χ4n) is 3.37. The van der Waals surface area contributed by atoms with Gasteiger partial charge in [-0.3, -0.25) is 4.21 Å². The lowest BCUT2D eigenvalue weighted by molar-refractivity contribution is 0.318. The van der Waals surface area contributed by atoms with Gasteiger partial charge in [-0.2, -0.15) is 0 Å². The molecule has 2 heterocycles. The van der Waals surface area contributed by atoms with Gasteiger partial charge in [0.2, 0.25) is 5.88 Å². The highest BCUT2D eigenvalue weighted by Crippen LogP contribution is 2.34. The van der Waals surface area contributed by atoms with E-state index < -0.39 is 10.8 Å². The topological polar surface area (TPSA) is 81.9 Å². The Labute approximate surface area is 200 Å². The van der Waals surface area contributed by atoms with Crippen LogP contribution in [0.4, 0.5) is 5.82 Å². The van der Waals surface area contributed by atoms with E-state index in [0.717, 1.165) is 27.3 Å². The molecular formula is C24H24ClN5O2S. The number of aryl methyl sites for hydroxylation is 2. The number of hydrogen-bond acceptors (Lipinski definition) is 6. The van der Waals surface area contributed by atoms with E-state index in [0.29, 0.717) is 35.6 Å². The lowest BCUT2D eigenvalue weighted by atomic mass is 10.1. The Hall–Kier alpha value is -3.23. The lowest BCUT2D eigenvalue weighted by Gasteiger charge is -2.11. The van der Waals surface area contributed by atoms with Gasteiger partial charge >= 0.3 is 0 Å². The Kier molecular flexibility index (Phi) is 7.05. The summed E-state index contributed by atoms with van der Waals surface area (Å²) in [6, 6.07) is 15.7. The molecule has 0 saturated heterocycles. The minimum absolute atomic E-state index is 0.328. The van der Waals surface area contributed by atoms with Crippen LogP contribution in [0.1, 0.15) is 11.3 Å². The number of rotatable bonds is 8. The number of anilines is 1. The fraction of sp³-hybridized carbons (Fsp3) is 0.208. The molecule has 0 radical (unpaired) electrons. The first-order valence-electron chi connectivity index (χ1n) is 10.4. The van der Waals surface area contributed by atoms with Crippen molar-refractivity contribution in [3.8, 4) is 22.7 Å². The van der Waals surface area contributed by atoms with Crippen molar-refractivity contribution in [2.24, 2.45) is 0 Å². The molecule has 0 bridgehead atoms. The van der Waals surface area contributed by atoms with E-state index in [4.69, 9.17) is 16.3 Å². The molecular weight excluding hydrogens is 458 g/mol. The minimum atomic E-state index is -1.16. The molecule has 0 fully saturated rings. The number of nitrogens with zero attached hydrogens (tertiary/aromatic N) is 4. The van der Waals surface area contributed by atoms with Gasteiger partial charge in [0, 0.05) is 22.9 Å². The first-order chi connectivity index (χ1) is 15.9. The van der Waals surface area contributed by atoms with Crippen molar-refractivity contribution >= 4 is 28.2 Å². The second-order valence-corrected chi connectivity index (χ2v) is 9.20. The summed E-state index contributed by atoms with van der Waals surface area (Å²) in [5, 5.41) is 8.34. The standard InChI is InChI=1S/C24H24ClN5O2S/c1-16-9-10-21(33(3)31)19(13-16)20-14-30(18-7-5-4-6-8-18)29-24(20)32-12-11-26-23-22(25)17(2)27-15-28-23/h4-10,13-15H,11-12H2,1-3H3,(H,26,27,28). The SMILES string of the molecule is Cc1ccc(S(C)=O)c(-c2cn(-c3ccccc3)nc2OCCNc2ncnc(C)c2Cl)c1. The smallest absolute Gasteiger partial charge is 0.241 e. The van der Waals surface area contributed by atoms with Crippen molar-refractivity contribution < 1.29 is 8.95 Å². The van der Waals surface area contributed by atoms with Crippen LogP contribution in [-0.2, 0) is 10.8 Å². The molecule has 33 heavy (non-hydrogen) atoms. The van der Waals surface area contributed by atoms with E-state index in [2.05, 4.69) is 20.4 Å². The van der Waals surface area contributed by atoms with Crippen LogP contribution < -0.4 is 10.1 Å². The van der Waals surface area contributed by atoms with Crippen LogP contribution in [-0.4, -0.2) is 43.4 Å². The second-order valence-electron chi connectivity index (χ2n) is 7.48. The van der Waals surface area contributed by atoms with Crippen LogP contribution in [0.3, 0.4) is 0 Å². The van der Waals surface area contributed by atoms with E-state index in [1.807, 2.05) is 68.6 Å². The third-order valence-electron chi connectivity index (χ3n) is 5.03. The van der Waals surface area contributed by atoms with Crippen molar-refractivity contribution in [2.75, 3.05) is 24.7 Å². The van der Waals surface area contributed by atoms with Crippen LogP contribution in [0.15, 0.2) is 66.0 Å². The monoisotopic (exact) mass is 481 g/mol. The largest absolute Gasteiger partial charge is 0.474 e. The molecule has 1 atom stereocenters. The van der Waals surface area contributed by atoms with Crippen LogP contribution in [0.2, 0.25) is 5.02 Å². The van der Waals surface area contributed by atoms with Crippen LogP contribution in [0, 0.1) is 13.8 Å². The van der Waals surface area contributed by atoms with Gasteiger partial charge in [0.05, 0.1) is 34.3 Å². The van der Waals surface area contributed by atoms with E-state index in [-0.39, 0.29) is 0 Å². The van der Waals surface area contributed by atoms with Crippen LogP contribution >= 0.6 is 11.6 Å². The minimum Gasteiger partial charge on any atom is -0.474 e. The van der Waals surface area contributed by atoms with Crippen LogP contribution in [0.25, 0.3) is 16.8 Å². The summed E-state index contributed by atoms with van der Waals surface area (Å²) in [5.41, 5.74) is 4.30. The summed E-state index contributed by atoms with van der Waals surface area (Å²) >= 11 is 6.25. The van der Waals surface area contributed by atoms with Crippen molar-refractivity contribution in [3.63, 3.8) is 0 Å². The molecule has 4 rings (SSSR count). The summed E-state index contributed by atoms with van der Waals surface area (Å²) in [6.45, 7) is 4.62. The Bertz CT molecular complexity index is 1290. The van der Waals surface area contributed by atoms with Gasteiger partial charge in [-0.15, -0.1) is 5.10 Å². The average Bonchev–Trinajstić information content (AvgIpc) is 3.24. The summed E-state index contributed by atoms with van der Waals surface area (Å²) < 4.78 is 20.3. The summed E-state index contributed by atoms with van der Waals surface area (Å²) in [7, 11) is -1.16. The highest BCUT2D eigenvalue weighted by molar-refractivity contribution is 7.84. The predicted molar refractivity (Wildman–Crippen MR) is 132 cm³/mol. The molecule has 1 unspecified atom stereocenters. The lowest BCUT2D eigenvalue weighted by Crippen LogP contribution is -2.13. The van der Waals surface area contributed by atoms with Gasteiger partial charge in [-0.1, -0.05) is 41.4 Å². The number of aromatic nitrogens is 4. The zero-order valence-corrected chi connectivity index (χ0v) is 20.2. The summed E-state index contributed by atoms with van der Waals surface area (Å²) in [5.74, 6) is 1.02. The Morgan fingerprint density at radius 2 is 1.88 bits per heavy atom. The molecule has 7 nitrogen and oxygen atoms in total. The summed E-state index contributed by atoms with van der Waals surface area (Å²) in [4.78, 5) is 8.98. The molecule has 0 spiro atoms. The number of halogens is 1. The molecule has 2 aromatic carbocycles. The highest BCUT2D eigenvalue weighted by Gasteiger charge is 2.18. The van der Waals surface area contributed by atoms with Gasteiger partial charge < -0.3 is 10.1 Å².